The highest BCUT2D eigenvalue weighted by Gasteiger charge is 2.15. The van der Waals surface area contributed by atoms with Crippen LogP contribution in [0.5, 0.6) is 0 Å². The van der Waals surface area contributed by atoms with Crippen LogP contribution in [-0.4, -0.2) is 23.5 Å². The van der Waals surface area contributed by atoms with E-state index in [2.05, 4.69) is 10.3 Å². The normalized spacial score (nSPS) is 11.8. The number of fused-ring (bicyclic) bond motifs is 1. The number of rotatable bonds is 7. The number of carbonyl (C=O) groups is 1. The molecule has 0 radical (unpaired) electrons. The SMILES string of the molecule is Cl.NCCCC[C@H](N)C(=O)Nc1ccc(-c2nc3ccccc3s2)cc1Cl. The Kier molecular flexibility index (Phi) is 8.01. The molecule has 0 saturated carbocycles. The molecule has 2 aromatic carbocycles. The molecule has 0 bridgehead atoms. The van der Waals surface area contributed by atoms with E-state index in [1.807, 2.05) is 36.4 Å². The van der Waals surface area contributed by atoms with Crippen LogP contribution in [0.25, 0.3) is 20.8 Å². The summed E-state index contributed by atoms with van der Waals surface area (Å²) in [6.45, 7) is 0.605. The second-order valence-electron chi connectivity index (χ2n) is 6.06. The fourth-order valence-electron chi connectivity index (χ4n) is 2.61. The van der Waals surface area contributed by atoms with E-state index in [1.54, 1.807) is 17.4 Å². The minimum Gasteiger partial charge on any atom is -0.330 e. The molecule has 0 aliphatic heterocycles. The van der Waals surface area contributed by atoms with Crippen LogP contribution in [0.3, 0.4) is 0 Å². The maximum Gasteiger partial charge on any atom is 0.241 e. The summed E-state index contributed by atoms with van der Waals surface area (Å²) in [4.78, 5) is 16.8. The van der Waals surface area contributed by atoms with Crippen LogP contribution in [0.2, 0.25) is 5.02 Å². The fourth-order valence-corrected chi connectivity index (χ4v) is 3.80. The maximum atomic E-state index is 12.2. The number of hydrogen-bond donors (Lipinski definition) is 3. The zero-order valence-electron chi connectivity index (χ0n) is 14.7. The van der Waals surface area contributed by atoms with Gasteiger partial charge in [0, 0.05) is 5.56 Å². The van der Waals surface area contributed by atoms with E-state index in [0.29, 0.717) is 23.7 Å². The average molecular weight is 425 g/mol. The van der Waals surface area contributed by atoms with E-state index in [0.717, 1.165) is 33.6 Å². The Balaban J connectivity index is 0.00000261. The Labute approximate surface area is 173 Å². The first-order valence-electron chi connectivity index (χ1n) is 8.50. The summed E-state index contributed by atoms with van der Waals surface area (Å²) < 4.78 is 1.12. The highest BCUT2D eigenvalue weighted by Crippen LogP contribution is 2.33. The van der Waals surface area contributed by atoms with E-state index in [1.165, 1.54) is 0 Å². The van der Waals surface area contributed by atoms with Crippen LogP contribution in [0.15, 0.2) is 42.5 Å². The van der Waals surface area contributed by atoms with Gasteiger partial charge in [0.2, 0.25) is 5.91 Å². The minimum absolute atomic E-state index is 0. The third kappa shape index (κ3) is 5.40. The predicted molar refractivity (Wildman–Crippen MR) is 117 cm³/mol. The molecule has 8 heteroatoms. The topological polar surface area (TPSA) is 94.0 Å². The summed E-state index contributed by atoms with van der Waals surface area (Å²) in [5.74, 6) is -0.239. The number of aromatic nitrogens is 1. The van der Waals surface area contributed by atoms with Crippen molar-refractivity contribution in [1.29, 1.82) is 0 Å². The molecule has 0 saturated heterocycles. The molecule has 5 nitrogen and oxygen atoms in total. The molecule has 1 heterocycles. The van der Waals surface area contributed by atoms with E-state index in [4.69, 9.17) is 23.1 Å². The quantitative estimate of drug-likeness (QED) is 0.488. The first-order chi connectivity index (χ1) is 12.6. The standard InChI is InChI=1S/C19H21ClN4OS.ClH/c20-13-11-12(19-24-16-6-1-2-7-17(16)26-19)8-9-15(13)23-18(25)14(22)5-3-4-10-21;/h1-2,6-9,11,14H,3-5,10,21-22H2,(H,23,25);1H/t14-;/m0./s1. The van der Waals surface area contributed by atoms with Crippen LogP contribution in [0.1, 0.15) is 19.3 Å². The molecule has 0 spiro atoms. The van der Waals surface area contributed by atoms with Crippen LogP contribution >= 0.6 is 35.3 Å². The van der Waals surface area contributed by atoms with Crippen molar-refractivity contribution in [3.63, 3.8) is 0 Å². The van der Waals surface area contributed by atoms with Gasteiger partial charge in [-0.05, 0) is 49.7 Å². The molecule has 0 aliphatic carbocycles. The van der Waals surface area contributed by atoms with Crippen LogP contribution in [0.4, 0.5) is 5.69 Å². The minimum atomic E-state index is -0.568. The number of halogens is 2. The number of carbonyl (C=O) groups excluding carboxylic acids is 1. The summed E-state index contributed by atoms with van der Waals surface area (Å²) in [5, 5.41) is 4.15. The maximum absolute atomic E-state index is 12.2. The number of thiazole rings is 1. The van der Waals surface area contributed by atoms with Crippen molar-refractivity contribution in [2.75, 3.05) is 11.9 Å². The Morgan fingerprint density at radius 3 is 2.70 bits per heavy atom. The van der Waals surface area contributed by atoms with Crippen molar-refractivity contribution < 1.29 is 4.79 Å². The van der Waals surface area contributed by atoms with E-state index < -0.39 is 6.04 Å². The molecule has 1 atom stereocenters. The number of anilines is 1. The summed E-state index contributed by atoms with van der Waals surface area (Å²) in [6.07, 6.45) is 2.29. The third-order valence-corrected chi connectivity index (χ3v) is 5.47. The van der Waals surface area contributed by atoms with Gasteiger partial charge in [-0.25, -0.2) is 4.98 Å². The molecular weight excluding hydrogens is 403 g/mol. The fraction of sp³-hybridized carbons (Fsp3) is 0.263. The van der Waals surface area contributed by atoms with Crippen molar-refractivity contribution in [2.24, 2.45) is 11.5 Å². The highest BCUT2D eigenvalue weighted by molar-refractivity contribution is 7.21. The van der Waals surface area contributed by atoms with Gasteiger partial charge in [0.15, 0.2) is 0 Å². The third-order valence-electron chi connectivity index (χ3n) is 4.07. The Morgan fingerprint density at radius 2 is 2.00 bits per heavy atom. The average Bonchev–Trinajstić information content (AvgIpc) is 3.07. The monoisotopic (exact) mass is 424 g/mol. The van der Waals surface area contributed by atoms with Gasteiger partial charge >= 0.3 is 0 Å². The molecule has 5 N–H and O–H groups in total. The van der Waals surface area contributed by atoms with Crippen LogP contribution < -0.4 is 16.8 Å². The van der Waals surface area contributed by atoms with Crippen LogP contribution in [0, 0.1) is 0 Å². The summed E-state index contributed by atoms with van der Waals surface area (Å²) in [7, 11) is 0. The summed E-state index contributed by atoms with van der Waals surface area (Å²) in [6, 6.07) is 12.9. The Morgan fingerprint density at radius 1 is 1.22 bits per heavy atom. The molecule has 3 rings (SSSR count). The lowest BCUT2D eigenvalue weighted by atomic mass is 10.1. The summed E-state index contributed by atoms with van der Waals surface area (Å²) in [5.41, 5.74) is 13.8. The molecule has 3 aromatic rings. The number of unbranched alkanes of at least 4 members (excludes halogenated alkanes) is 1. The lowest BCUT2D eigenvalue weighted by Gasteiger charge is -2.13. The number of nitrogens with zero attached hydrogens (tertiary/aromatic N) is 1. The van der Waals surface area contributed by atoms with Crippen LogP contribution in [-0.2, 0) is 4.79 Å². The van der Waals surface area contributed by atoms with Gasteiger partial charge in [-0.1, -0.05) is 30.2 Å². The van der Waals surface area contributed by atoms with E-state index >= 15 is 0 Å². The van der Waals surface area contributed by atoms with Crippen molar-refractivity contribution in [2.45, 2.75) is 25.3 Å². The zero-order valence-corrected chi connectivity index (χ0v) is 17.0. The highest BCUT2D eigenvalue weighted by atomic mass is 35.5. The number of nitrogens with one attached hydrogen (secondary N) is 1. The number of amides is 1. The van der Waals surface area contributed by atoms with Crippen molar-refractivity contribution >= 4 is 57.2 Å². The van der Waals surface area contributed by atoms with Gasteiger partial charge < -0.3 is 16.8 Å². The second kappa shape index (κ2) is 10.0. The number of benzene rings is 2. The molecule has 0 unspecified atom stereocenters. The molecule has 144 valence electrons. The number of hydrogen-bond acceptors (Lipinski definition) is 5. The molecule has 0 aliphatic rings. The largest absolute Gasteiger partial charge is 0.330 e. The van der Waals surface area contributed by atoms with Crippen molar-refractivity contribution in [3.05, 3.63) is 47.5 Å². The molecular formula is C19H22Cl2N4OS. The van der Waals surface area contributed by atoms with Crippen molar-refractivity contribution in [3.8, 4) is 10.6 Å². The number of para-hydroxylation sites is 1. The van der Waals surface area contributed by atoms with Gasteiger partial charge in [0.05, 0.1) is 27.0 Å². The van der Waals surface area contributed by atoms with Gasteiger partial charge in [0.1, 0.15) is 5.01 Å². The molecule has 1 aromatic heterocycles. The van der Waals surface area contributed by atoms with Gasteiger partial charge in [-0.3, -0.25) is 4.79 Å². The lowest BCUT2D eigenvalue weighted by Crippen LogP contribution is -2.35. The van der Waals surface area contributed by atoms with Gasteiger partial charge in [-0.2, -0.15) is 0 Å². The number of nitrogens with two attached hydrogens (primary N) is 2. The molecule has 27 heavy (non-hydrogen) atoms. The first-order valence-corrected chi connectivity index (χ1v) is 9.70. The predicted octanol–water partition coefficient (Wildman–Crippen LogP) is 4.43. The Hall–Kier alpha value is -1.70. The zero-order chi connectivity index (χ0) is 18.5. The lowest BCUT2D eigenvalue weighted by molar-refractivity contribution is -0.117. The Bertz CT molecular complexity index is 883. The van der Waals surface area contributed by atoms with Crippen molar-refractivity contribution in [1.82, 2.24) is 4.98 Å². The van der Waals surface area contributed by atoms with Gasteiger partial charge in [0.25, 0.3) is 0 Å². The first kappa shape index (κ1) is 21.6. The van der Waals surface area contributed by atoms with E-state index in [9.17, 15) is 4.79 Å². The molecule has 1 amide bonds. The summed E-state index contributed by atoms with van der Waals surface area (Å²) >= 11 is 7.97. The molecule has 0 fully saturated rings. The second-order valence-corrected chi connectivity index (χ2v) is 7.50. The van der Waals surface area contributed by atoms with E-state index in [-0.39, 0.29) is 18.3 Å². The smallest absolute Gasteiger partial charge is 0.241 e. The van der Waals surface area contributed by atoms with Gasteiger partial charge in [-0.15, -0.1) is 23.7 Å².